The third-order valence-corrected chi connectivity index (χ3v) is 9.92. The zero-order valence-electron chi connectivity index (χ0n) is 24.9. The van der Waals surface area contributed by atoms with E-state index in [0.29, 0.717) is 23.2 Å². The molecule has 11 heteroatoms. The van der Waals surface area contributed by atoms with Gasteiger partial charge in [-0.25, -0.2) is 8.78 Å². The number of likely N-dealkylation sites (N-methyl/N-ethyl adjacent to an activating group) is 1. The van der Waals surface area contributed by atoms with E-state index in [0.717, 1.165) is 37.8 Å². The summed E-state index contributed by atoms with van der Waals surface area (Å²) in [5.41, 5.74) is 3.93. The van der Waals surface area contributed by atoms with Crippen molar-refractivity contribution in [2.75, 3.05) is 44.7 Å². The Balaban J connectivity index is 1.29. The Kier molecular flexibility index (Phi) is 7.20. The highest BCUT2D eigenvalue weighted by atomic mass is 19.1. The quantitative estimate of drug-likeness (QED) is 0.364. The van der Waals surface area contributed by atoms with E-state index in [-0.39, 0.29) is 49.3 Å². The predicted molar refractivity (Wildman–Crippen MR) is 161 cm³/mol. The summed E-state index contributed by atoms with van der Waals surface area (Å²) in [6.45, 7) is 5.13. The van der Waals surface area contributed by atoms with Crippen LogP contribution in [0.1, 0.15) is 43.2 Å². The fourth-order valence-corrected chi connectivity index (χ4v) is 7.23. The SMILES string of the molecule is C=C(F)C(=O)N1CCN(c2nc(OC[C@@H]3CCCN3C)nc3c(F)c(-c4cccc5c4CC4(CC4)C5)ncc23)C[C@@H]1CC#N. The number of halogens is 2. The molecule has 7 rings (SSSR count). The third kappa shape index (κ3) is 5.05. The molecule has 0 bridgehead atoms. The van der Waals surface area contributed by atoms with E-state index in [9.17, 15) is 14.4 Å². The van der Waals surface area contributed by atoms with Crippen molar-refractivity contribution < 1.29 is 18.3 Å². The summed E-state index contributed by atoms with van der Waals surface area (Å²) in [6, 6.07) is 7.81. The van der Waals surface area contributed by atoms with E-state index in [1.807, 2.05) is 17.0 Å². The molecule has 0 unspecified atom stereocenters. The van der Waals surface area contributed by atoms with Gasteiger partial charge < -0.3 is 19.4 Å². The van der Waals surface area contributed by atoms with Crippen molar-refractivity contribution in [2.45, 2.75) is 57.0 Å². The highest BCUT2D eigenvalue weighted by Crippen LogP contribution is 2.57. The fraction of sp³-hybridized carbons (Fsp3) is 0.485. The number of aromatic nitrogens is 3. The number of anilines is 1. The van der Waals surface area contributed by atoms with Crippen molar-refractivity contribution in [3.05, 3.63) is 53.7 Å². The summed E-state index contributed by atoms with van der Waals surface area (Å²) < 4.78 is 36.5. The van der Waals surface area contributed by atoms with Gasteiger partial charge in [0.1, 0.15) is 23.6 Å². The lowest BCUT2D eigenvalue weighted by Crippen LogP contribution is -2.55. The second-order valence-corrected chi connectivity index (χ2v) is 12.8. The number of amides is 1. The van der Waals surface area contributed by atoms with Crippen LogP contribution < -0.4 is 9.64 Å². The molecular formula is C33H35F2N7O2. The molecule has 1 aromatic carbocycles. The summed E-state index contributed by atoms with van der Waals surface area (Å²) in [7, 11) is 2.05. The van der Waals surface area contributed by atoms with Gasteiger partial charge in [-0.1, -0.05) is 24.8 Å². The molecular weight excluding hydrogens is 564 g/mol. The minimum Gasteiger partial charge on any atom is -0.462 e. The van der Waals surface area contributed by atoms with Gasteiger partial charge in [0.2, 0.25) is 0 Å². The number of nitrogens with zero attached hydrogens (tertiary/aromatic N) is 7. The van der Waals surface area contributed by atoms with Crippen LogP contribution in [0.15, 0.2) is 36.8 Å². The van der Waals surface area contributed by atoms with E-state index in [4.69, 9.17) is 9.72 Å². The highest BCUT2D eigenvalue weighted by Gasteiger charge is 2.47. The highest BCUT2D eigenvalue weighted by molar-refractivity contribution is 5.93. The second kappa shape index (κ2) is 11.1. The van der Waals surface area contributed by atoms with Crippen molar-refractivity contribution in [3.63, 3.8) is 0 Å². The Morgan fingerprint density at radius 2 is 2.05 bits per heavy atom. The summed E-state index contributed by atoms with van der Waals surface area (Å²) in [6.07, 6.45) is 8.04. The molecule has 4 heterocycles. The zero-order chi connectivity index (χ0) is 30.6. The first-order chi connectivity index (χ1) is 21.3. The average molecular weight is 600 g/mol. The van der Waals surface area contributed by atoms with Crippen molar-refractivity contribution in [2.24, 2.45) is 5.41 Å². The first-order valence-electron chi connectivity index (χ1n) is 15.3. The number of likely N-dealkylation sites (tertiary alicyclic amines) is 1. The molecule has 228 valence electrons. The van der Waals surface area contributed by atoms with Crippen LogP contribution in [0.3, 0.4) is 0 Å². The van der Waals surface area contributed by atoms with Gasteiger partial charge in [0.25, 0.3) is 5.91 Å². The third-order valence-electron chi connectivity index (χ3n) is 9.92. The zero-order valence-corrected chi connectivity index (χ0v) is 24.9. The summed E-state index contributed by atoms with van der Waals surface area (Å²) in [5.74, 6) is -2.02. The van der Waals surface area contributed by atoms with E-state index >= 15 is 4.39 Å². The number of benzene rings is 1. The molecule has 0 radical (unpaired) electrons. The van der Waals surface area contributed by atoms with Crippen molar-refractivity contribution in [3.8, 4) is 23.3 Å². The van der Waals surface area contributed by atoms with Gasteiger partial charge in [0, 0.05) is 37.4 Å². The normalized spacial score (nSPS) is 22.3. The molecule has 2 atom stereocenters. The van der Waals surface area contributed by atoms with Crippen LogP contribution >= 0.6 is 0 Å². The topological polar surface area (TPSA) is 98.5 Å². The monoisotopic (exact) mass is 599 g/mol. The molecule has 44 heavy (non-hydrogen) atoms. The fourth-order valence-electron chi connectivity index (χ4n) is 7.23. The molecule has 1 spiro atoms. The number of nitriles is 1. The lowest BCUT2D eigenvalue weighted by molar-refractivity contribution is -0.131. The summed E-state index contributed by atoms with van der Waals surface area (Å²) in [4.78, 5) is 31.9. The number of carbonyl (C=O) groups is 1. The maximum Gasteiger partial charge on any atom is 0.319 e. The Morgan fingerprint density at radius 3 is 2.77 bits per heavy atom. The minimum atomic E-state index is -1.07. The van der Waals surface area contributed by atoms with Gasteiger partial charge in [0.15, 0.2) is 11.6 Å². The number of hydrogen-bond acceptors (Lipinski definition) is 8. The summed E-state index contributed by atoms with van der Waals surface area (Å²) >= 11 is 0. The van der Waals surface area contributed by atoms with E-state index in [1.165, 1.54) is 28.9 Å². The molecule has 1 saturated carbocycles. The van der Waals surface area contributed by atoms with Crippen LogP contribution in [-0.2, 0) is 17.6 Å². The molecule has 3 aromatic rings. The van der Waals surface area contributed by atoms with Crippen LogP contribution in [0.5, 0.6) is 6.01 Å². The molecule has 9 nitrogen and oxygen atoms in total. The Morgan fingerprint density at radius 1 is 1.20 bits per heavy atom. The number of piperazine rings is 1. The smallest absolute Gasteiger partial charge is 0.319 e. The average Bonchev–Trinajstić information content (AvgIpc) is 3.46. The van der Waals surface area contributed by atoms with Crippen LogP contribution in [0.25, 0.3) is 22.2 Å². The van der Waals surface area contributed by atoms with E-state index < -0.39 is 23.6 Å². The van der Waals surface area contributed by atoms with Crippen LogP contribution in [0.2, 0.25) is 0 Å². The first-order valence-corrected chi connectivity index (χ1v) is 15.3. The number of hydrogen-bond donors (Lipinski definition) is 0. The largest absolute Gasteiger partial charge is 0.462 e. The Bertz CT molecular complexity index is 1700. The molecule has 2 aliphatic carbocycles. The number of ether oxygens (including phenoxy) is 1. The van der Waals surface area contributed by atoms with Crippen molar-refractivity contribution in [1.29, 1.82) is 5.26 Å². The lowest BCUT2D eigenvalue weighted by Gasteiger charge is -2.41. The lowest BCUT2D eigenvalue weighted by atomic mass is 9.98. The van der Waals surface area contributed by atoms with Gasteiger partial charge >= 0.3 is 6.01 Å². The minimum absolute atomic E-state index is 0.00667. The molecule has 2 saturated heterocycles. The molecule has 1 amide bonds. The molecule has 0 N–H and O–H groups in total. The molecule has 2 aliphatic heterocycles. The van der Waals surface area contributed by atoms with Crippen molar-refractivity contribution in [1.82, 2.24) is 24.8 Å². The molecule has 3 fully saturated rings. The Hall–Kier alpha value is -4.17. The van der Waals surface area contributed by atoms with Crippen LogP contribution in [-0.4, -0.2) is 82.6 Å². The van der Waals surface area contributed by atoms with Gasteiger partial charge in [-0.3, -0.25) is 9.78 Å². The number of pyridine rings is 1. The molecule has 4 aliphatic rings. The van der Waals surface area contributed by atoms with Crippen molar-refractivity contribution >= 4 is 22.6 Å². The van der Waals surface area contributed by atoms with Crippen LogP contribution in [0.4, 0.5) is 14.6 Å². The van der Waals surface area contributed by atoms with Gasteiger partial charge in [-0.05, 0) is 68.7 Å². The predicted octanol–water partition coefficient (Wildman–Crippen LogP) is 4.60. The van der Waals surface area contributed by atoms with Crippen LogP contribution in [0, 0.1) is 22.6 Å². The van der Waals surface area contributed by atoms with Gasteiger partial charge in [-0.2, -0.15) is 15.2 Å². The van der Waals surface area contributed by atoms with E-state index in [1.54, 1.807) is 6.20 Å². The van der Waals surface area contributed by atoms with E-state index in [2.05, 4.69) is 40.6 Å². The Labute approximate surface area is 255 Å². The standard InChI is InChI=1S/C33H35F2N7O2/c1-20(34)31(43)42-14-13-41(18-22(42)8-11-36)30-26-17-37-28(24-7-3-5-21-15-33(9-10-33)16-25(21)24)27(35)29(26)38-32(39-30)44-19-23-6-4-12-40(23)2/h3,5,7,17,22-23H,1,4,6,8-10,12-16,18-19H2,2H3/t22-,23-/m0/s1. The van der Waals surface area contributed by atoms with Gasteiger partial charge in [0.05, 0.1) is 23.9 Å². The number of rotatable bonds is 7. The number of fused-ring (bicyclic) bond motifs is 2. The maximum atomic E-state index is 16.6. The number of carbonyl (C=O) groups excluding carboxylic acids is 1. The maximum absolute atomic E-state index is 16.6. The summed E-state index contributed by atoms with van der Waals surface area (Å²) in [5, 5.41) is 9.88. The first kappa shape index (κ1) is 28.6. The van der Waals surface area contributed by atoms with Gasteiger partial charge in [-0.15, -0.1) is 0 Å². The second-order valence-electron chi connectivity index (χ2n) is 12.8. The molecule has 2 aromatic heterocycles.